The van der Waals surface area contributed by atoms with Gasteiger partial charge in [-0.25, -0.2) is 0 Å². The fourth-order valence-corrected chi connectivity index (χ4v) is 21.2. The number of imide groups is 1. The lowest BCUT2D eigenvalue weighted by Crippen LogP contribution is -2.60. The molecule has 12 atom stereocenters. The van der Waals surface area contributed by atoms with Gasteiger partial charge in [-0.05, 0) is 178 Å². The van der Waals surface area contributed by atoms with Crippen molar-refractivity contribution in [2.24, 2.45) is 34.5 Å². The number of carbonyl (C=O) groups is 10. The number of aryl methyl sites for hydroxylation is 2. The van der Waals surface area contributed by atoms with Gasteiger partial charge in [-0.3, -0.25) is 63.3 Å². The maximum absolute atomic E-state index is 15.0. The van der Waals surface area contributed by atoms with Crippen LogP contribution in [0.4, 0.5) is 0 Å². The molecule has 2 unspecified atom stereocenters. The minimum atomic E-state index is -1.31. The van der Waals surface area contributed by atoms with Crippen LogP contribution in [0.5, 0.6) is 5.75 Å². The van der Waals surface area contributed by atoms with Gasteiger partial charge in [0.05, 0.1) is 193 Å². The average Bonchev–Trinajstić information content (AvgIpc) is 1.25. The van der Waals surface area contributed by atoms with E-state index in [1.807, 2.05) is 61.2 Å². The summed E-state index contributed by atoms with van der Waals surface area (Å²) in [5, 5.41) is 45.5. The first kappa shape index (κ1) is 111. The number of unbranched alkanes of at least 4 members (excludes halogenated alkanes) is 1. The van der Waals surface area contributed by atoms with Gasteiger partial charge >= 0.3 is 0 Å². The molecule has 0 saturated heterocycles. The number of carbonyl (C=O) groups excluding carboxylic acids is 10. The van der Waals surface area contributed by atoms with Crippen molar-refractivity contribution in [2.75, 3.05) is 186 Å². The number of fused-ring (bicyclic) bond motifs is 6. The molecule has 0 aromatic heterocycles. The molecule has 2 aliphatic heterocycles. The Morgan fingerprint density at radius 3 is 1.56 bits per heavy atom. The molecule has 13 N–H and O–H groups in total. The number of phenolic OH excluding ortho intramolecular Hbond substituents is 1. The molecule has 2 saturated carbocycles. The number of hydrogen-bond acceptors (Lipinski definition) is 28. The summed E-state index contributed by atoms with van der Waals surface area (Å²) in [6.45, 7) is 20.2. The maximum Gasteiger partial charge on any atom is 0.246 e. The predicted molar refractivity (Wildman–Crippen MR) is 513 cm³/mol. The number of nitrogens with zero attached hydrogens (tertiary/aromatic N) is 3. The van der Waals surface area contributed by atoms with Crippen LogP contribution in [-0.4, -0.2) is 300 Å². The predicted octanol–water partition coefficient (Wildman–Crippen LogP) is 6.10. The zero-order valence-corrected chi connectivity index (χ0v) is 83.6. The molecule has 2 heterocycles. The van der Waals surface area contributed by atoms with Crippen LogP contribution in [0.1, 0.15) is 230 Å². The van der Waals surface area contributed by atoms with Crippen molar-refractivity contribution in [2.45, 2.75) is 263 Å². The Bertz CT molecular complexity index is 4340. The number of benzene rings is 2. The number of rotatable bonds is 59. The minimum absolute atomic E-state index is 0.00647. The van der Waals surface area contributed by atoms with E-state index in [4.69, 9.17) is 47.4 Å². The van der Waals surface area contributed by atoms with E-state index in [0.717, 1.165) is 153 Å². The van der Waals surface area contributed by atoms with Gasteiger partial charge < -0.3 is 105 Å². The van der Waals surface area contributed by atoms with Crippen LogP contribution in [0, 0.1) is 34.5 Å². The topological polar surface area (TPSA) is 442 Å². The summed E-state index contributed by atoms with van der Waals surface area (Å²) in [5.74, 6) is -5.16. The zero-order chi connectivity index (χ0) is 98.6. The highest BCUT2D eigenvalue weighted by Gasteiger charge is 2.59. The van der Waals surface area contributed by atoms with Crippen molar-refractivity contribution < 1.29 is 110 Å². The Hall–Kier alpha value is -8.34. The first-order chi connectivity index (χ1) is 65.7. The number of aliphatic hydroxyl groups is 1. The van der Waals surface area contributed by atoms with Crippen LogP contribution >= 0.6 is 0 Å². The highest BCUT2D eigenvalue weighted by atomic mass is 16.6. The fourth-order valence-electron chi connectivity index (χ4n) is 21.2. The normalized spacial score (nSPS) is 23.4. The van der Waals surface area contributed by atoms with Gasteiger partial charge in [0, 0.05) is 51.7 Å². The van der Waals surface area contributed by atoms with Crippen molar-refractivity contribution in [3.05, 3.63) is 87.0 Å². The summed E-state index contributed by atoms with van der Waals surface area (Å²) >= 11 is 0. The van der Waals surface area contributed by atoms with Crippen LogP contribution < -0.4 is 59.1 Å². The number of hydrazine groups is 4. The molecule has 0 radical (unpaired) electrons. The molecule has 2 aromatic carbocycles. The average molecular weight is 1930 g/mol. The van der Waals surface area contributed by atoms with Gasteiger partial charge in [0.25, 0.3) is 0 Å². The van der Waals surface area contributed by atoms with Crippen LogP contribution in [0.25, 0.3) is 0 Å². The Labute approximate surface area is 810 Å². The maximum atomic E-state index is 15.0. The molecule has 36 heteroatoms. The standard InChI is InChI=1S/C101H162N14O22/c1-69(2)91(82(119)62-70(3)94(124)106-78(66-116)81(118)64-71-27-28-72-30-33-85-98(4,75(72)63-71)37-20-39-100(85,6)96(126)108-97(127)101(7)40-21-38-99(5)76-65-74(117)32-29-73(76)31-34-86(99)101)107-95(125)77(105-88(121)36-47-129-51-55-133-58-60-134-56-52-130-48-43-104-90(123)68-136-83-25-16-12-14-23-79-92(83)109-111-113(79)8)22-18-19-41-102-89(122)67-137-84-26-17-13-15-24-80-93(84)110-112-114(80)44-49-131-53-57-135-61-59-132-54-50-128-46-35-87(120)103-42-45-115(9,10)11/h27-29,32,63,65,69-70,77-78,83-86,91,109-112,116H,12-26,30-31,33-62,64,66-68H2,1-11H3,(H7-,102,103,104,105,106,107,108,117,120,121,122,123,124,125,126,127)/p+1/t70-,77-,78+,83?,84?,85-,86-,91+,98-,99-,100+,101+/m1/s1. The summed E-state index contributed by atoms with van der Waals surface area (Å²) in [5.41, 5.74) is 19.6. The molecule has 768 valence electrons. The highest BCUT2D eigenvalue weighted by Crippen LogP contribution is 2.60. The first-order valence-corrected chi connectivity index (χ1v) is 50.6. The van der Waals surface area contributed by atoms with Crippen LogP contribution in [0.3, 0.4) is 0 Å². The Morgan fingerprint density at radius 2 is 1.00 bits per heavy atom. The second-order valence-electron chi connectivity index (χ2n) is 40.6. The summed E-state index contributed by atoms with van der Waals surface area (Å²) in [6.07, 6.45) is 17.1. The molecule has 8 amide bonds. The summed E-state index contributed by atoms with van der Waals surface area (Å²) in [4.78, 5) is 139. The van der Waals surface area contributed by atoms with E-state index < -0.39 is 82.1 Å². The molecule has 137 heavy (non-hydrogen) atoms. The molecular formula is C101H163N14O22+. The third kappa shape index (κ3) is 32.9. The van der Waals surface area contributed by atoms with Gasteiger partial charge in [0.1, 0.15) is 43.3 Å². The number of hydrogen-bond donors (Lipinski definition) is 13. The monoisotopic (exact) mass is 1920 g/mol. The second kappa shape index (κ2) is 55.2. The van der Waals surface area contributed by atoms with E-state index in [1.54, 1.807) is 19.9 Å². The van der Waals surface area contributed by atoms with E-state index in [-0.39, 0.29) is 137 Å². The number of quaternary nitrogens is 1. The number of ether oxygens (including phenoxy) is 10. The molecule has 0 bridgehead atoms. The number of amides is 8. The lowest BCUT2D eigenvalue weighted by atomic mass is 9.49. The van der Waals surface area contributed by atoms with Crippen molar-refractivity contribution in [1.82, 2.24) is 69.2 Å². The van der Waals surface area contributed by atoms with Gasteiger partial charge in [0.2, 0.25) is 47.3 Å². The number of likely N-dealkylation sites (N-methyl/N-ethyl adjacent to an activating group) is 1. The summed E-state index contributed by atoms with van der Waals surface area (Å²) in [7, 11) is 8.20. The van der Waals surface area contributed by atoms with E-state index in [1.165, 1.54) is 12.5 Å². The van der Waals surface area contributed by atoms with Gasteiger partial charge in [0.15, 0.2) is 11.6 Å². The van der Waals surface area contributed by atoms with Crippen molar-refractivity contribution in [3.8, 4) is 5.75 Å². The Morgan fingerprint density at radius 1 is 0.496 bits per heavy atom. The number of aliphatic hydroxyl groups excluding tert-OH is 1. The van der Waals surface area contributed by atoms with E-state index >= 15 is 0 Å². The van der Waals surface area contributed by atoms with E-state index in [2.05, 4.69) is 94.1 Å². The molecule has 2 aromatic rings. The number of ketones is 2. The van der Waals surface area contributed by atoms with Gasteiger partial charge in [-0.2, -0.15) is 0 Å². The quantitative estimate of drug-likeness (QED) is 0.0202. The van der Waals surface area contributed by atoms with E-state index in [9.17, 15) is 58.2 Å². The number of nitrogens with one attached hydrogen (secondary N) is 11. The van der Waals surface area contributed by atoms with Gasteiger partial charge in [-0.1, -0.05) is 111 Å². The Balaban J connectivity index is 0.654. The smallest absolute Gasteiger partial charge is 0.246 e. The number of Topliss-reactive ketones (excluding diaryl/α,β-unsaturated/α-hetero) is 2. The largest absolute Gasteiger partial charge is 0.508 e. The third-order valence-electron chi connectivity index (χ3n) is 29.0. The highest BCUT2D eigenvalue weighted by molar-refractivity contribution is 6.01. The summed E-state index contributed by atoms with van der Waals surface area (Å²) in [6, 6.07) is 8.01. The lowest BCUT2D eigenvalue weighted by molar-refractivity contribution is -0.869. The molecular weight excluding hydrogens is 1760 g/mol. The number of phenols is 1. The number of allylic oxidation sites excluding steroid dienone is 2. The fraction of sp³-hybridized carbons (Fsp3) is 0.743. The van der Waals surface area contributed by atoms with Gasteiger partial charge in [-0.15, -0.1) is 11.1 Å². The van der Waals surface area contributed by atoms with Crippen LogP contribution in [0.2, 0.25) is 0 Å². The Kier molecular flexibility index (Phi) is 44.6. The minimum Gasteiger partial charge on any atom is -0.508 e. The SMILES string of the molecule is CC(C)[C@H](NC(=O)[C@@H](CCCCNC(=O)COC1CCCCCC2=C1NNN2CCOCCOCCOCCOCCC(=O)NCC[N+](C)(C)C)NC(=O)CCOCCOCCOCCOCCNC(=O)COC1CCCCCC2=C1NNN2C)C(=O)C[C@@H](C)C(=O)N[C@@H](CO)C(=O)Cc1ccc2c(c1)[C@@]1(C)CCC[C@](C)(C(=O)NC(=O)[C@@]3(C)CCC[C@]4(C)c5cc(O)ccc5CC[C@@H]34)[C@@H]1CC2. The van der Waals surface area contributed by atoms with Crippen molar-refractivity contribution >= 4 is 58.8 Å². The molecule has 36 nitrogen and oxygen atoms in total. The van der Waals surface area contributed by atoms with E-state index in [0.29, 0.717) is 149 Å². The molecule has 10 rings (SSSR count). The van der Waals surface area contributed by atoms with Crippen LogP contribution in [-0.2, 0) is 125 Å². The zero-order valence-electron chi connectivity index (χ0n) is 83.6. The lowest BCUT2D eigenvalue weighted by Gasteiger charge is -2.56. The van der Waals surface area contributed by atoms with Crippen LogP contribution in [0.15, 0.2) is 59.2 Å². The first-order valence-electron chi connectivity index (χ1n) is 50.6. The third-order valence-corrected chi connectivity index (χ3v) is 29.0. The molecule has 0 spiro atoms. The molecule has 8 aliphatic rings. The van der Waals surface area contributed by atoms with Crippen molar-refractivity contribution in [1.29, 1.82) is 0 Å². The number of aromatic hydroxyl groups is 1. The summed E-state index contributed by atoms with van der Waals surface area (Å²) < 4.78 is 58.6. The van der Waals surface area contributed by atoms with Crippen molar-refractivity contribution in [3.63, 3.8) is 0 Å². The molecule has 2 fully saturated rings. The second-order valence-corrected chi connectivity index (χ2v) is 40.6. The molecule has 6 aliphatic carbocycles.